The fourth-order valence-electron chi connectivity index (χ4n) is 1.28. The van der Waals surface area contributed by atoms with Gasteiger partial charge >= 0.3 is 0 Å². The molecule has 0 aliphatic rings. The van der Waals surface area contributed by atoms with Gasteiger partial charge in [0.2, 0.25) is 0 Å². The molecule has 3 heteroatoms. The SMILES string of the molecule is Cc1c(O)oc(-c2ccccc2)c1O. The molecule has 2 N–H and O–H groups in total. The zero-order valence-electron chi connectivity index (χ0n) is 7.69. The minimum Gasteiger partial charge on any atom is -0.504 e. The summed E-state index contributed by atoms with van der Waals surface area (Å²) >= 11 is 0. The van der Waals surface area contributed by atoms with Crippen molar-refractivity contribution < 1.29 is 14.6 Å². The molecular formula is C11H10O3. The zero-order valence-corrected chi connectivity index (χ0v) is 7.69. The van der Waals surface area contributed by atoms with E-state index in [9.17, 15) is 10.2 Å². The monoisotopic (exact) mass is 190 g/mol. The predicted octanol–water partition coefficient (Wildman–Crippen LogP) is 2.67. The summed E-state index contributed by atoms with van der Waals surface area (Å²) in [7, 11) is 0. The van der Waals surface area contributed by atoms with E-state index in [0.717, 1.165) is 5.56 Å². The third-order valence-electron chi connectivity index (χ3n) is 2.13. The molecule has 1 heterocycles. The first-order valence-corrected chi connectivity index (χ1v) is 4.27. The number of furan rings is 1. The van der Waals surface area contributed by atoms with Crippen LogP contribution in [0, 0.1) is 6.92 Å². The number of aromatic hydroxyl groups is 2. The standard InChI is InChI=1S/C11H10O3/c1-7-9(12)10(14-11(7)13)8-5-3-2-4-6-8/h2-6,12-13H,1H3. The Morgan fingerprint density at radius 1 is 1.07 bits per heavy atom. The van der Waals surface area contributed by atoms with Gasteiger partial charge in [0.1, 0.15) is 0 Å². The van der Waals surface area contributed by atoms with Crippen molar-refractivity contribution in [3.05, 3.63) is 35.9 Å². The second-order valence-electron chi connectivity index (χ2n) is 3.08. The van der Waals surface area contributed by atoms with Gasteiger partial charge in [0.25, 0.3) is 5.95 Å². The third-order valence-corrected chi connectivity index (χ3v) is 2.13. The molecular weight excluding hydrogens is 180 g/mol. The van der Waals surface area contributed by atoms with E-state index in [2.05, 4.69) is 0 Å². The van der Waals surface area contributed by atoms with Crippen molar-refractivity contribution in [3.63, 3.8) is 0 Å². The lowest BCUT2D eigenvalue weighted by atomic mass is 10.1. The smallest absolute Gasteiger partial charge is 0.289 e. The minimum atomic E-state index is -0.235. The molecule has 0 atom stereocenters. The molecule has 72 valence electrons. The van der Waals surface area contributed by atoms with Gasteiger partial charge < -0.3 is 14.6 Å². The van der Waals surface area contributed by atoms with E-state index >= 15 is 0 Å². The van der Waals surface area contributed by atoms with Crippen molar-refractivity contribution in [1.29, 1.82) is 0 Å². The first-order chi connectivity index (χ1) is 6.70. The van der Waals surface area contributed by atoms with E-state index < -0.39 is 0 Å². The predicted molar refractivity (Wildman–Crippen MR) is 52.2 cm³/mol. The number of rotatable bonds is 1. The molecule has 0 radical (unpaired) electrons. The van der Waals surface area contributed by atoms with E-state index in [4.69, 9.17) is 4.42 Å². The molecule has 0 bridgehead atoms. The molecule has 0 aliphatic heterocycles. The molecule has 0 saturated heterocycles. The molecule has 2 rings (SSSR count). The zero-order chi connectivity index (χ0) is 10.1. The van der Waals surface area contributed by atoms with Gasteiger partial charge in [-0.05, 0) is 6.92 Å². The maximum atomic E-state index is 9.62. The normalized spacial score (nSPS) is 10.4. The van der Waals surface area contributed by atoms with Crippen LogP contribution >= 0.6 is 0 Å². The van der Waals surface area contributed by atoms with Crippen molar-refractivity contribution >= 4 is 0 Å². The summed E-state index contributed by atoms with van der Waals surface area (Å²) in [6.07, 6.45) is 0. The Hall–Kier alpha value is -1.90. The lowest BCUT2D eigenvalue weighted by molar-refractivity contribution is 0.334. The molecule has 0 saturated carbocycles. The average Bonchev–Trinajstić information content (AvgIpc) is 2.47. The Balaban J connectivity index is 2.58. The summed E-state index contributed by atoms with van der Waals surface area (Å²) in [6.45, 7) is 1.60. The molecule has 0 spiro atoms. The number of hydrogen-bond donors (Lipinski definition) is 2. The molecule has 0 unspecified atom stereocenters. The van der Waals surface area contributed by atoms with Crippen LogP contribution in [0.3, 0.4) is 0 Å². The van der Waals surface area contributed by atoms with Crippen LogP contribution in [0.5, 0.6) is 11.7 Å². The van der Waals surface area contributed by atoms with Crippen LogP contribution in [0.25, 0.3) is 11.3 Å². The summed E-state index contributed by atoms with van der Waals surface area (Å²) < 4.78 is 5.04. The second-order valence-corrected chi connectivity index (χ2v) is 3.08. The fourth-order valence-corrected chi connectivity index (χ4v) is 1.28. The Bertz CT molecular complexity index is 443. The molecule has 1 aromatic carbocycles. The van der Waals surface area contributed by atoms with Gasteiger partial charge in [0, 0.05) is 5.56 Å². The van der Waals surface area contributed by atoms with Crippen molar-refractivity contribution in [2.45, 2.75) is 6.92 Å². The van der Waals surface area contributed by atoms with Crippen LogP contribution in [0.1, 0.15) is 5.56 Å². The van der Waals surface area contributed by atoms with E-state index in [1.165, 1.54) is 0 Å². The Labute approximate surface area is 81.2 Å². The van der Waals surface area contributed by atoms with Crippen LogP contribution in [0.2, 0.25) is 0 Å². The van der Waals surface area contributed by atoms with E-state index in [1.54, 1.807) is 19.1 Å². The molecule has 0 aliphatic carbocycles. The minimum absolute atomic E-state index is 0.00583. The van der Waals surface area contributed by atoms with E-state index in [-0.39, 0.29) is 11.7 Å². The highest BCUT2D eigenvalue weighted by Gasteiger charge is 2.16. The van der Waals surface area contributed by atoms with Gasteiger partial charge in [0.15, 0.2) is 11.5 Å². The largest absolute Gasteiger partial charge is 0.504 e. The summed E-state index contributed by atoms with van der Waals surface area (Å²) in [5.74, 6) is 0.0654. The summed E-state index contributed by atoms with van der Waals surface area (Å²) in [4.78, 5) is 0. The Morgan fingerprint density at radius 2 is 1.71 bits per heavy atom. The first kappa shape index (κ1) is 8.69. The van der Waals surface area contributed by atoms with Gasteiger partial charge in [0.05, 0.1) is 5.56 Å². The highest BCUT2D eigenvalue weighted by atomic mass is 16.5. The number of benzene rings is 1. The summed E-state index contributed by atoms with van der Waals surface area (Å²) in [5.41, 5.74) is 1.11. The Kier molecular flexibility index (Phi) is 1.93. The van der Waals surface area contributed by atoms with Gasteiger partial charge in [-0.2, -0.15) is 0 Å². The maximum Gasteiger partial charge on any atom is 0.289 e. The first-order valence-electron chi connectivity index (χ1n) is 4.27. The topological polar surface area (TPSA) is 53.6 Å². The van der Waals surface area contributed by atoms with Gasteiger partial charge in [-0.15, -0.1) is 0 Å². The van der Waals surface area contributed by atoms with Crippen LogP contribution in [0.15, 0.2) is 34.7 Å². The van der Waals surface area contributed by atoms with E-state index in [0.29, 0.717) is 11.3 Å². The maximum absolute atomic E-state index is 9.62. The van der Waals surface area contributed by atoms with Crippen LogP contribution in [-0.2, 0) is 0 Å². The molecule has 0 fully saturated rings. The highest BCUT2D eigenvalue weighted by Crippen LogP contribution is 2.39. The van der Waals surface area contributed by atoms with Gasteiger partial charge in [-0.3, -0.25) is 0 Å². The quantitative estimate of drug-likeness (QED) is 0.726. The van der Waals surface area contributed by atoms with Crippen molar-refractivity contribution in [1.82, 2.24) is 0 Å². The third kappa shape index (κ3) is 1.23. The van der Waals surface area contributed by atoms with E-state index in [1.807, 2.05) is 18.2 Å². The second kappa shape index (κ2) is 3.10. The van der Waals surface area contributed by atoms with Crippen molar-refractivity contribution in [3.8, 4) is 23.0 Å². The van der Waals surface area contributed by atoms with Crippen molar-refractivity contribution in [2.75, 3.05) is 0 Å². The van der Waals surface area contributed by atoms with Crippen molar-refractivity contribution in [2.24, 2.45) is 0 Å². The summed E-state index contributed by atoms with van der Waals surface area (Å²) in [6, 6.07) is 9.15. The molecule has 1 aromatic heterocycles. The van der Waals surface area contributed by atoms with Gasteiger partial charge in [-0.1, -0.05) is 30.3 Å². The Morgan fingerprint density at radius 3 is 2.21 bits per heavy atom. The lowest BCUT2D eigenvalue weighted by Crippen LogP contribution is -1.72. The van der Waals surface area contributed by atoms with Crippen LogP contribution < -0.4 is 0 Å². The van der Waals surface area contributed by atoms with Crippen LogP contribution in [-0.4, -0.2) is 10.2 Å². The average molecular weight is 190 g/mol. The summed E-state index contributed by atoms with van der Waals surface area (Å²) in [5, 5.41) is 18.9. The molecule has 14 heavy (non-hydrogen) atoms. The fraction of sp³-hybridized carbons (Fsp3) is 0.0909. The molecule has 2 aromatic rings. The van der Waals surface area contributed by atoms with Gasteiger partial charge in [-0.25, -0.2) is 0 Å². The number of hydrogen-bond acceptors (Lipinski definition) is 3. The molecule has 3 nitrogen and oxygen atoms in total. The lowest BCUT2D eigenvalue weighted by Gasteiger charge is -1.95. The highest BCUT2D eigenvalue weighted by molar-refractivity contribution is 5.67. The molecule has 0 amide bonds. The van der Waals surface area contributed by atoms with Crippen LogP contribution in [0.4, 0.5) is 0 Å².